The molecule has 0 aromatic heterocycles. The summed E-state index contributed by atoms with van der Waals surface area (Å²) in [6, 6.07) is 8.05. The molecular weight excluding hydrogens is 324 g/mol. The van der Waals surface area contributed by atoms with Gasteiger partial charge in [-0.25, -0.2) is 0 Å². The molecule has 1 atom stereocenters. The van der Waals surface area contributed by atoms with Crippen molar-refractivity contribution < 1.29 is 4.79 Å². The van der Waals surface area contributed by atoms with E-state index in [1.165, 1.54) is 0 Å². The molecule has 2 N–H and O–H groups in total. The van der Waals surface area contributed by atoms with Crippen molar-refractivity contribution >= 4 is 23.2 Å². The van der Waals surface area contributed by atoms with Crippen LogP contribution in [0, 0.1) is 5.92 Å². The van der Waals surface area contributed by atoms with Crippen molar-refractivity contribution in [2.24, 2.45) is 5.92 Å². The van der Waals surface area contributed by atoms with Crippen molar-refractivity contribution in [3.8, 4) is 0 Å². The quantitative estimate of drug-likeness (QED) is 0.765. The second kappa shape index (κ2) is 8.70. The van der Waals surface area contributed by atoms with E-state index in [1.807, 2.05) is 18.2 Å². The highest BCUT2D eigenvalue weighted by molar-refractivity contribution is 6.33. The molecule has 1 aromatic rings. The minimum Gasteiger partial charge on any atom is -0.368 e. The maximum atomic E-state index is 11.9. The van der Waals surface area contributed by atoms with Crippen LogP contribution in [0.1, 0.15) is 12.8 Å². The lowest BCUT2D eigenvalue weighted by Gasteiger charge is -2.36. The van der Waals surface area contributed by atoms with Gasteiger partial charge in [-0.15, -0.1) is 0 Å². The third-order valence-electron chi connectivity index (χ3n) is 4.95. The van der Waals surface area contributed by atoms with Crippen LogP contribution in [-0.2, 0) is 4.79 Å². The zero-order valence-corrected chi connectivity index (χ0v) is 14.9. The van der Waals surface area contributed by atoms with E-state index in [1.54, 1.807) is 0 Å². The molecule has 2 aliphatic heterocycles. The summed E-state index contributed by atoms with van der Waals surface area (Å²) < 4.78 is 0. The summed E-state index contributed by atoms with van der Waals surface area (Å²) in [5.41, 5.74) is 1.14. The van der Waals surface area contributed by atoms with E-state index in [4.69, 9.17) is 11.6 Å². The average Bonchev–Trinajstić information content (AvgIpc) is 3.14. The summed E-state index contributed by atoms with van der Waals surface area (Å²) in [7, 11) is 0. The molecule has 3 rings (SSSR count). The van der Waals surface area contributed by atoms with Crippen LogP contribution >= 0.6 is 11.6 Å². The molecular formula is C18H27ClN4O. The first-order valence-electron chi connectivity index (χ1n) is 8.94. The van der Waals surface area contributed by atoms with Gasteiger partial charge in [0.1, 0.15) is 0 Å². The first kappa shape index (κ1) is 17.5. The van der Waals surface area contributed by atoms with Gasteiger partial charge in [0.25, 0.3) is 0 Å². The number of amides is 1. The van der Waals surface area contributed by atoms with Gasteiger partial charge in [0.15, 0.2) is 0 Å². The fraction of sp³-hybridized carbons (Fsp3) is 0.611. The van der Waals surface area contributed by atoms with Crippen molar-refractivity contribution in [1.82, 2.24) is 15.5 Å². The molecule has 2 heterocycles. The monoisotopic (exact) mass is 350 g/mol. The van der Waals surface area contributed by atoms with E-state index in [0.29, 0.717) is 0 Å². The third kappa shape index (κ3) is 4.62. The van der Waals surface area contributed by atoms with Crippen molar-refractivity contribution in [3.63, 3.8) is 0 Å². The van der Waals surface area contributed by atoms with Gasteiger partial charge < -0.3 is 15.5 Å². The number of hydrogen-bond donors (Lipinski definition) is 2. The first-order valence-corrected chi connectivity index (χ1v) is 9.32. The lowest BCUT2D eigenvalue weighted by Crippen LogP contribution is -2.47. The van der Waals surface area contributed by atoms with Gasteiger partial charge in [0.2, 0.25) is 5.91 Å². The van der Waals surface area contributed by atoms with E-state index >= 15 is 0 Å². The molecule has 24 heavy (non-hydrogen) atoms. The summed E-state index contributed by atoms with van der Waals surface area (Å²) in [6.07, 6.45) is 1.98. The second-order valence-corrected chi connectivity index (χ2v) is 7.02. The second-order valence-electron chi connectivity index (χ2n) is 6.61. The Hall–Kier alpha value is -1.30. The van der Waals surface area contributed by atoms with Gasteiger partial charge in [0.05, 0.1) is 16.6 Å². The molecule has 2 fully saturated rings. The number of anilines is 1. The summed E-state index contributed by atoms with van der Waals surface area (Å²) in [6.45, 7) is 7.72. The van der Waals surface area contributed by atoms with E-state index in [2.05, 4.69) is 26.5 Å². The maximum Gasteiger partial charge on any atom is 0.224 e. The predicted octanol–water partition coefficient (Wildman–Crippen LogP) is 1.58. The summed E-state index contributed by atoms with van der Waals surface area (Å²) in [5.74, 6) is 0.382. The van der Waals surface area contributed by atoms with E-state index < -0.39 is 0 Å². The van der Waals surface area contributed by atoms with Crippen molar-refractivity contribution in [2.75, 3.05) is 57.3 Å². The maximum absolute atomic E-state index is 11.9. The minimum atomic E-state index is 0.171. The topological polar surface area (TPSA) is 47.6 Å². The average molecular weight is 351 g/mol. The molecule has 2 saturated heterocycles. The number of benzene rings is 1. The Balaban J connectivity index is 1.32. The van der Waals surface area contributed by atoms with Crippen molar-refractivity contribution in [1.29, 1.82) is 0 Å². The number of hydrogen-bond acceptors (Lipinski definition) is 4. The molecule has 0 saturated carbocycles. The Morgan fingerprint density at radius 3 is 2.75 bits per heavy atom. The van der Waals surface area contributed by atoms with Crippen molar-refractivity contribution in [2.45, 2.75) is 12.8 Å². The molecule has 6 heteroatoms. The predicted molar refractivity (Wildman–Crippen MR) is 98.7 cm³/mol. The zero-order valence-electron chi connectivity index (χ0n) is 14.1. The molecule has 0 bridgehead atoms. The van der Waals surface area contributed by atoms with Gasteiger partial charge in [-0.1, -0.05) is 23.7 Å². The molecule has 0 spiro atoms. The Morgan fingerprint density at radius 2 is 2.04 bits per heavy atom. The number of nitrogens with zero attached hydrogens (tertiary/aromatic N) is 2. The molecule has 1 aromatic carbocycles. The van der Waals surface area contributed by atoms with Crippen LogP contribution in [0.3, 0.4) is 0 Å². The molecule has 5 nitrogen and oxygen atoms in total. The van der Waals surface area contributed by atoms with Crippen molar-refractivity contribution in [3.05, 3.63) is 29.3 Å². The number of nitrogens with one attached hydrogen (secondary N) is 2. The number of para-hydroxylation sites is 1. The van der Waals surface area contributed by atoms with Crippen LogP contribution in [0.4, 0.5) is 5.69 Å². The van der Waals surface area contributed by atoms with Crippen LogP contribution in [0.25, 0.3) is 0 Å². The standard InChI is InChI=1S/C18H27ClN4O/c19-16-4-1-2-5-17(16)23-12-10-22(11-13-23)9-3-7-21-18(24)15-6-8-20-14-15/h1-2,4-5,15,20H,3,6-14H2,(H,21,24). The van der Waals surface area contributed by atoms with Gasteiger partial charge in [-0.2, -0.15) is 0 Å². The number of rotatable bonds is 6. The van der Waals surface area contributed by atoms with E-state index in [9.17, 15) is 4.79 Å². The van der Waals surface area contributed by atoms with Gasteiger partial charge in [-0.05, 0) is 38.1 Å². The van der Waals surface area contributed by atoms with E-state index in [-0.39, 0.29) is 11.8 Å². The largest absolute Gasteiger partial charge is 0.368 e. The lowest BCUT2D eigenvalue weighted by molar-refractivity contribution is -0.124. The van der Waals surface area contributed by atoms with Crippen LogP contribution in [0.2, 0.25) is 5.02 Å². The molecule has 2 aliphatic rings. The molecule has 0 radical (unpaired) electrons. The number of carbonyl (C=O) groups excluding carboxylic acids is 1. The SMILES string of the molecule is O=C(NCCCN1CCN(c2ccccc2Cl)CC1)C1CCNC1. The van der Waals surface area contributed by atoms with Crippen LogP contribution < -0.4 is 15.5 Å². The van der Waals surface area contributed by atoms with E-state index in [0.717, 1.165) is 75.9 Å². The fourth-order valence-corrected chi connectivity index (χ4v) is 3.71. The minimum absolute atomic E-state index is 0.171. The summed E-state index contributed by atoms with van der Waals surface area (Å²) in [5, 5.41) is 7.14. The summed E-state index contributed by atoms with van der Waals surface area (Å²) in [4.78, 5) is 16.8. The molecule has 0 aliphatic carbocycles. The zero-order chi connectivity index (χ0) is 16.8. The molecule has 1 amide bonds. The highest BCUT2D eigenvalue weighted by Gasteiger charge is 2.22. The number of halogens is 1. The highest BCUT2D eigenvalue weighted by Crippen LogP contribution is 2.25. The number of carbonyl (C=O) groups is 1. The van der Waals surface area contributed by atoms with Crippen LogP contribution in [0.15, 0.2) is 24.3 Å². The fourth-order valence-electron chi connectivity index (χ4n) is 3.46. The Morgan fingerprint density at radius 1 is 1.25 bits per heavy atom. The van der Waals surface area contributed by atoms with Gasteiger partial charge in [0, 0.05) is 39.3 Å². The highest BCUT2D eigenvalue weighted by atomic mass is 35.5. The Labute approximate surface area is 149 Å². The third-order valence-corrected chi connectivity index (χ3v) is 5.27. The Bertz CT molecular complexity index is 540. The first-order chi connectivity index (χ1) is 11.7. The summed E-state index contributed by atoms with van der Waals surface area (Å²) >= 11 is 6.28. The smallest absolute Gasteiger partial charge is 0.224 e. The molecule has 1 unspecified atom stereocenters. The van der Waals surface area contributed by atoms with Crippen LogP contribution in [-0.4, -0.2) is 63.2 Å². The number of piperazine rings is 1. The lowest BCUT2D eigenvalue weighted by atomic mass is 10.1. The van der Waals surface area contributed by atoms with Gasteiger partial charge in [-0.3, -0.25) is 9.69 Å². The van der Waals surface area contributed by atoms with Gasteiger partial charge >= 0.3 is 0 Å². The normalized spacial score (nSPS) is 21.9. The van der Waals surface area contributed by atoms with Crippen LogP contribution in [0.5, 0.6) is 0 Å². The Kier molecular flexibility index (Phi) is 6.35. The molecule has 132 valence electrons.